The molecule has 0 saturated carbocycles. The van der Waals surface area contributed by atoms with Crippen LogP contribution in [-0.4, -0.2) is 18.1 Å². The van der Waals surface area contributed by atoms with Gasteiger partial charge in [-0.05, 0) is 36.9 Å². The van der Waals surface area contributed by atoms with Crippen LogP contribution in [0.4, 0.5) is 5.00 Å². The monoisotopic (exact) mass is 320 g/mol. The van der Waals surface area contributed by atoms with E-state index in [4.69, 9.17) is 5.73 Å². The van der Waals surface area contributed by atoms with Crippen LogP contribution in [0.5, 0.6) is 0 Å². The van der Waals surface area contributed by atoms with Crippen molar-refractivity contribution in [2.24, 2.45) is 5.73 Å². The van der Waals surface area contributed by atoms with E-state index < -0.39 is 5.91 Å². The lowest BCUT2D eigenvalue weighted by Gasteiger charge is -2.05. The number of amides is 2. The highest BCUT2D eigenvalue weighted by Crippen LogP contribution is 2.27. The average molecular weight is 320 g/mol. The number of hydrogen-bond donors (Lipinski definition) is 2. The standard InChI is InChI=1S/C15H16N2O2S2/c1-9-7-12(13(16)18)15(21-9)17-14(19)11-5-3-10(4-6-11)8-20-2/h3-7H,8H2,1-2H3,(H2,16,18)(H,17,19). The number of nitrogens with one attached hydrogen (secondary N) is 1. The van der Waals surface area contributed by atoms with Gasteiger partial charge in [-0.15, -0.1) is 11.3 Å². The highest BCUT2D eigenvalue weighted by Gasteiger charge is 2.15. The van der Waals surface area contributed by atoms with Crippen molar-refractivity contribution in [1.29, 1.82) is 0 Å². The molecule has 0 aliphatic carbocycles. The lowest BCUT2D eigenvalue weighted by Crippen LogP contribution is -2.16. The van der Waals surface area contributed by atoms with Crippen molar-refractivity contribution in [3.63, 3.8) is 0 Å². The quantitative estimate of drug-likeness (QED) is 0.888. The Hall–Kier alpha value is -1.79. The Labute approximate surface area is 131 Å². The van der Waals surface area contributed by atoms with Crippen LogP contribution in [0, 0.1) is 6.92 Å². The van der Waals surface area contributed by atoms with Crippen LogP contribution >= 0.6 is 23.1 Å². The molecular weight excluding hydrogens is 304 g/mol. The van der Waals surface area contributed by atoms with Crippen molar-refractivity contribution >= 4 is 39.9 Å². The first-order valence-corrected chi connectivity index (χ1v) is 8.51. The van der Waals surface area contributed by atoms with Crippen molar-refractivity contribution in [3.05, 3.63) is 51.9 Å². The number of nitrogens with two attached hydrogens (primary N) is 1. The van der Waals surface area contributed by atoms with Gasteiger partial charge in [0.25, 0.3) is 11.8 Å². The second kappa shape index (κ2) is 6.78. The Morgan fingerprint density at radius 1 is 1.29 bits per heavy atom. The van der Waals surface area contributed by atoms with Crippen LogP contribution < -0.4 is 11.1 Å². The van der Waals surface area contributed by atoms with Crippen LogP contribution in [-0.2, 0) is 5.75 Å². The molecule has 1 aromatic heterocycles. The number of hydrogen-bond acceptors (Lipinski definition) is 4. The fraction of sp³-hybridized carbons (Fsp3) is 0.200. The maximum absolute atomic E-state index is 12.2. The van der Waals surface area contributed by atoms with E-state index in [1.807, 2.05) is 25.3 Å². The Morgan fingerprint density at radius 2 is 1.95 bits per heavy atom. The topological polar surface area (TPSA) is 72.2 Å². The number of thioether (sulfide) groups is 1. The predicted octanol–water partition coefficient (Wildman–Crippen LogP) is 3.27. The van der Waals surface area contributed by atoms with Gasteiger partial charge in [-0.25, -0.2) is 0 Å². The predicted molar refractivity (Wildman–Crippen MR) is 89.2 cm³/mol. The summed E-state index contributed by atoms with van der Waals surface area (Å²) >= 11 is 3.07. The Bertz CT molecular complexity index is 663. The largest absolute Gasteiger partial charge is 0.366 e. The number of thiophene rings is 1. The lowest BCUT2D eigenvalue weighted by molar-refractivity contribution is 0.100. The summed E-state index contributed by atoms with van der Waals surface area (Å²) in [7, 11) is 0. The van der Waals surface area contributed by atoms with Gasteiger partial charge in [0, 0.05) is 16.2 Å². The summed E-state index contributed by atoms with van der Waals surface area (Å²) < 4.78 is 0. The normalized spacial score (nSPS) is 10.4. The van der Waals surface area contributed by atoms with Crippen LogP contribution in [0.15, 0.2) is 30.3 Å². The molecule has 2 amide bonds. The molecule has 110 valence electrons. The van der Waals surface area contributed by atoms with Gasteiger partial charge in [0.2, 0.25) is 0 Å². The van der Waals surface area contributed by atoms with E-state index in [9.17, 15) is 9.59 Å². The maximum Gasteiger partial charge on any atom is 0.256 e. The van der Waals surface area contributed by atoms with E-state index >= 15 is 0 Å². The lowest BCUT2D eigenvalue weighted by atomic mass is 10.1. The second-order valence-corrected chi connectivity index (χ2v) is 6.67. The highest BCUT2D eigenvalue weighted by molar-refractivity contribution is 7.97. The summed E-state index contributed by atoms with van der Waals surface area (Å²) in [5, 5.41) is 3.25. The van der Waals surface area contributed by atoms with Crippen LogP contribution in [0.1, 0.15) is 31.2 Å². The van der Waals surface area contributed by atoms with Gasteiger partial charge in [0.15, 0.2) is 0 Å². The number of rotatable bonds is 5. The molecule has 0 aliphatic rings. The molecule has 2 aromatic rings. The number of primary amides is 1. The first kappa shape index (κ1) is 15.6. The van der Waals surface area contributed by atoms with Gasteiger partial charge in [0.1, 0.15) is 5.00 Å². The molecule has 0 bridgehead atoms. The molecule has 0 unspecified atom stereocenters. The summed E-state index contributed by atoms with van der Waals surface area (Å²) in [5.41, 5.74) is 7.39. The zero-order chi connectivity index (χ0) is 15.4. The molecule has 0 aliphatic heterocycles. The molecule has 0 spiro atoms. The Morgan fingerprint density at radius 3 is 2.52 bits per heavy atom. The molecule has 21 heavy (non-hydrogen) atoms. The fourth-order valence-electron chi connectivity index (χ4n) is 1.88. The smallest absolute Gasteiger partial charge is 0.256 e. The SMILES string of the molecule is CSCc1ccc(C(=O)Nc2sc(C)cc2C(N)=O)cc1. The number of carbonyl (C=O) groups is 2. The number of aryl methyl sites for hydroxylation is 1. The van der Waals surface area contributed by atoms with Gasteiger partial charge in [-0.3, -0.25) is 9.59 Å². The van der Waals surface area contributed by atoms with Crippen molar-refractivity contribution in [2.45, 2.75) is 12.7 Å². The third-order valence-electron chi connectivity index (χ3n) is 2.87. The average Bonchev–Trinajstić information content (AvgIpc) is 2.81. The zero-order valence-corrected chi connectivity index (χ0v) is 13.4. The Kier molecular flexibility index (Phi) is 5.03. The third-order valence-corrected chi connectivity index (χ3v) is 4.46. The van der Waals surface area contributed by atoms with Crippen molar-refractivity contribution in [1.82, 2.24) is 0 Å². The van der Waals surface area contributed by atoms with Crippen LogP contribution in [0.2, 0.25) is 0 Å². The van der Waals surface area contributed by atoms with Gasteiger partial charge in [-0.1, -0.05) is 12.1 Å². The Balaban J connectivity index is 2.16. The minimum Gasteiger partial charge on any atom is -0.366 e. The number of anilines is 1. The molecule has 0 radical (unpaired) electrons. The number of carbonyl (C=O) groups excluding carboxylic acids is 2. The first-order valence-electron chi connectivity index (χ1n) is 6.30. The molecule has 1 heterocycles. The molecule has 4 nitrogen and oxygen atoms in total. The molecule has 3 N–H and O–H groups in total. The van der Waals surface area contributed by atoms with Crippen LogP contribution in [0.3, 0.4) is 0 Å². The summed E-state index contributed by atoms with van der Waals surface area (Å²) in [4.78, 5) is 24.5. The number of benzene rings is 1. The van der Waals surface area contributed by atoms with E-state index in [2.05, 4.69) is 5.32 Å². The molecule has 1 aromatic carbocycles. The van der Waals surface area contributed by atoms with Crippen LogP contribution in [0.25, 0.3) is 0 Å². The zero-order valence-electron chi connectivity index (χ0n) is 11.8. The van der Waals surface area contributed by atoms with Gasteiger partial charge in [-0.2, -0.15) is 11.8 Å². The summed E-state index contributed by atoms with van der Waals surface area (Å²) in [6.45, 7) is 1.87. The molecule has 0 fully saturated rings. The second-order valence-electron chi connectivity index (χ2n) is 4.55. The first-order chi connectivity index (χ1) is 10.0. The fourth-order valence-corrected chi connectivity index (χ4v) is 3.32. The highest BCUT2D eigenvalue weighted by atomic mass is 32.2. The molecule has 6 heteroatoms. The van der Waals surface area contributed by atoms with Gasteiger partial charge in [0.05, 0.1) is 5.56 Å². The van der Waals surface area contributed by atoms with Gasteiger partial charge >= 0.3 is 0 Å². The summed E-state index contributed by atoms with van der Waals surface area (Å²) in [5.74, 6) is 0.137. The summed E-state index contributed by atoms with van der Waals surface area (Å²) in [6, 6.07) is 9.11. The van der Waals surface area contributed by atoms with E-state index in [1.54, 1.807) is 30.0 Å². The summed E-state index contributed by atoms with van der Waals surface area (Å²) in [6.07, 6.45) is 2.03. The molecule has 0 saturated heterocycles. The van der Waals surface area contributed by atoms with Crippen molar-refractivity contribution < 1.29 is 9.59 Å². The van der Waals surface area contributed by atoms with E-state index in [1.165, 1.54) is 16.9 Å². The van der Waals surface area contributed by atoms with E-state index in [-0.39, 0.29) is 5.91 Å². The molecule has 2 rings (SSSR count). The third kappa shape index (κ3) is 3.86. The van der Waals surface area contributed by atoms with Crippen molar-refractivity contribution in [2.75, 3.05) is 11.6 Å². The minimum absolute atomic E-state index is 0.241. The van der Waals surface area contributed by atoms with E-state index in [0.29, 0.717) is 16.1 Å². The van der Waals surface area contributed by atoms with Gasteiger partial charge < -0.3 is 11.1 Å². The minimum atomic E-state index is -0.537. The van der Waals surface area contributed by atoms with Crippen molar-refractivity contribution in [3.8, 4) is 0 Å². The van der Waals surface area contributed by atoms with E-state index in [0.717, 1.165) is 10.6 Å². The molecule has 0 atom stereocenters. The molecular formula is C15H16N2O2S2. The maximum atomic E-state index is 12.2.